The number of nitro groups is 1. The lowest BCUT2D eigenvalue weighted by Crippen LogP contribution is -1.99. The van der Waals surface area contributed by atoms with Gasteiger partial charge in [-0.25, -0.2) is 4.79 Å². The van der Waals surface area contributed by atoms with E-state index in [0.29, 0.717) is 0 Å². The maximum Gasteiger partial charge on any atom is 0.328 e. The van der Waals surface area contributed by atoms with Crippen LogP contribution in [0.15, 0.2) is 30.4 Å². The number of nitrogens with zero attached hydrogens (tertiary/aromatic N) is 1. The van der Waals surface area contributed by atoms with Gasteiger partial charge in [0.2, 0.25) is 0 Å². The third-order valence-electron chi connectivity index (χ3n) is 1.71. The van der Waals surface area contributed by atoms with Crippen molar-refractivity contribution < 1.29 is 19.6 Å². The summed E-state index contributed by atoms with van der Waals surface area (Å²) in [6.07, 6.45) is 2.13. The molecule has 0 atom stereocenters. The summed E-state index contributed by atoms with van der Waals surface area (Å²) in [4.78, 5) is 20.2. The highest BCUT2D eigenvalue weighted by atomic mass is 35.5. The second-order valence-corrected chi connectivity index (χ2v) is 3.36. The van der Waals surface area contributed by atoms with Crippen molar-refractivity contribution in [1.29, 1.82) is 0 Å². The number of carbonyl (C=O) groups is 1. The third kappa shape index (κ3) is 4.12. The highest BCUT2D eigenvalue weighted by Gasteiger charge is 2.14. The molecule has 7 heteroatoms. The molecule has 1 aromatic rings. The van der Waals surface area contributed by atoms with Gasteiger partial charge in [0.05, 0.1) is 4.92 Å². The second-order valence-electron chi connectivity index (χ2n) is 2.92. The van der Waals surface area contributed by atoms with E-state index in [-0.39, 0.29) is 23.1 Å². The van der Waals surface area contributed by atoms with E-state index >= 15 is 0 Å². The van der Waals surface area contributed by atoms with Crippen LogP contribution in [0.4, 0.5) is 5.69 Å². The topological polar surface area (TPSA) is 89.7 Å². The summed E-state index contributed by atoms with van der Waals surface area (Å²) in [5.41, 5.74) is -0.263. The monoisotopic (exact) mass is 257 g/mol. The minimum Gasteiger partial charge on any atom is -0.483 e. The van der Waals surface area contributed by atoms with E-state index in [2.05, 4.69) is 0 Å². The lowest BCUT2D eigenvalue weighted by Gasteiger charge is -2.03. The van der Waals surface area contributed by atoms with E-state index in [1.165, 1.54) is 18.2 Å². The van der Waals surface area contributed by atoms with Crippen LogP contribution >= 0.6 is 11.6 Å². The lowest BCUT2D eigenvalue weighted by atomic mass is 10.3. The summed E-state index contributed by atoms with van der Waals surface area (Å²) in [6, 6.07) is 3.97. The Hall–Kier alpha value is -2.08. The van der Waals surface area contributed by atoms with Gasteiger partial charge < -0.3 is 9.84 Å². The molecule has 0 bridgehead atoms. The van der Waals surface area contributed by atoms with Crippen LogP contribution in [0.5, 0.6) is 5.75 Å². The van der Waals surface area contributed by atoms with Crippen molar-refractivity contribution in [2.24, 2.45) is 0 Å². The molecule has 0 aliphatic heterocycles. The number of nitro benzene ring substituents is 1. The molecule has 1 N–H and O–H groups in total. The quantitative estimate of drug-likeness (QED) is 0.496. The Bertz CT molecular complexity index is 472. The Kier molecular flexibility index (Phi) is 4.47. The van der Waals surface area contributed by atoms with Gasteiger partial charge in [-0.1, -0.05) is 11.6 Å². The van der Waals surface area contributed by atoms with E-state index in [1.54, 1.807) is 0 Å². The van der Waals surface area contributed by atoms with Crippen molar-refractivity contribution in [3.05, 3.63) is 45.5 Å². The van der Waals surface area contributed by atoms with Crippen LogP contribution in [-0.2, 0) is 4.79 Å². The number of ether oxygens (including phenoxy) is 1. The molecule has 0 radical (unpaired) electrons. The normalized spacial score (nSPS) is 10.4. The fourth-order valence-corrected chi connectivity index (χ4v) is 1.21. The average Bonchev–Trinajstić information content (AvgIpc) is 2.25. The summed E-state index contributed by atoms with van der Waals surface area (Å²) in [5, 5.41) is 19.2. The van der Waals surface area contributed by atoms with Gasteiger partial charge in [-0.2, -0.15) is 0 Å². The van der Waals surface area contributed by atoms with Crippen LogP contribution in [0.25, 0.3) is 0 Å². The van der Waals surface area contributed by atoms with E-state index in [9.17, 15) is 14.9 Å². The first-order valence-electron chi connectivity index (χ1n) is 4.47. The van der Waals surface area contributed by atoms with E-state index in [4.69, 9.17) is 21.4 Å². The van der Waals surface area contributed by atoms with Crippen LogP contribution < -0.4 is 4.74 Å². The second kappa shape index (κ2) is 5.86. The van der Waals surface area contributed by atoms with Crippen molar-refractivity contribution in [3.8, 4) is 5.75 Å². The van der Waals surface area contributed by atoms with Gasteiger partial charge in [0.15, 0.2) is 5.75 Å². The Labute approximate surface area is 101 Å². The molecule has 0 aromatic heterocycles. The Balaban J connectivity index is 2.77. The molecular formula is C10H8ClNO5. The van der Waals surface area contributed by atoms with Gasteiger partial charge in [-0.15, -0.1) is 0 Å². The van der Waals surface area contributed by atoms with Gasteiger partial charge in [0, 0.05) is 17.2 Å². The summed E-state index contributed by atoms with van der Waals surface area (Å²) in [7, 11) is 0. The molecular weight excluding hydrogens is 250 g/mol. The van der Waals surface area contributed by atoms with Crippen molar-refractivity contribution in [3.63, 3.8) is 0 Å². The fraction of sp³-hybridized carbons (Fsp3) is 0.100. The molecule has 0 saturated carbocycles. The van der Waals surface area contributed by atoms with Crippen molar-refractivity contribution >= 4 is 23.3 Å². The maximum absolute atomic E-state index is 10.7. The van der Waals surface area contributed by atoms with Gasteiger partial charge in [-0.3, -0.25) is 10.1 Å². The van der Waals surface area contributed by atoms with Crippen molar-refractivity contribution in [2.45, 2.75) is 0 Å². The Morgan fingerprint density at radius 2 is 2.29 bits per heavy atom. The molecule has 90 valence electrons. The molecule has 0 saturated heterocycles. The number of hydrogen-bond acceptors (Lipinski definition) is 4. The Morgan fingerprint density at radius 3 is 2.88 bits per heavy atom. The number of rotatable bonds is 5. The minimum absolute atomic E-state index is 0.0365. The minimum atomic E-state index is -1.11. The van der Waals surface area contributed by atoms with E-state index in [0.717, 1.165) is 12.1 Å². The van der Waals surface area contributed by atoms with Crippen LogP contribution in [-0.4, -0.2) is 22.6 Å². The summed E-state index contributed by atoms with van der Waals surface area (Å²) < 4.78 is 5.05. The van der Waals surface area contributed by atoms with E-state index in [1.807, 2.05) is 0 Å². The SMILES string of the molecule is O=C(O)C=CCOc1ccc(Cl)cc1[N+](=O)[O-]. The molecule has 0 heterocycles. The number of carboxylic acids is 1. The maximum atomic E-state index is 10.7. The number of carboxylic acid groups (broad SMARTS) is 1. The molecule has 0 amide bonds. The number of hydrogen-bond donors (Lipinski definition) is 1. The standard InChI is InChI=1S/C10H8ClNO5/c11-7-3-4-9(8(6-7)12(15)16)17-5-1-2-10(13)14/h1-4,6H,5H2,(H,13,14). The largest absolute Gasteiger partial charge is 0.483 e. The molecule has 1 aromatic carbocycles. The molecule has 0 fully saturated rings. The van der Waals surface area contributed by atoms with Gasteiger partial charge in [-0.05, 0) is 18.2 Å². The molecule has 6 nitrogen and oxygen atoms in total. The lowest BCUT2D eigenvalue weighted by molar-refractivity contribution is -0.385. The van der Waals surface area contributed by atoms with Crippen LogP contribution in [0.2, 0.25) is 5.02 Å². The molecule has 0 aliphatic carbocycles. The first kappa shape index (κ1) is 13.0. The van der Waals surface area contributed by atoms with E-state index < -0.39 is 10.9 Å². The first-order valence-corrected chi connectivity index (χ1v) is 4.84. The summed E-state index contributed by atoms with van der Waals surface area (Å²) >= 11 is 5.61. The van der Waals surface area contributed by atoms with Crippen molar-refractivity contribution in [2.75, 3.05) is 6.61 Å². The van der Waals surface area contributed by atoms with Crippen LogP contribution in [0.1, 0.15) is 0 Å². The Morgan fingerprint density at radius 1 is 1.59 bits per heavy atom. The molecule has 17 heavy (non-hydrogen) atoms. The van der Waals surface area contributed by atoms with Crippen LogP contribution in [0, 0.1) is 10.1 Å². The predicted octanol–water partition coefficient (Wildman–Crippen LogP) is 2.27. The van der Waals surface area contributed by atoms with Crippen LogP contribution in [0.3, 0.4) is 0 Å². The van der Waals surface area contributed by atoms with Gasteiger partial charge in [0.1, 0.15) is 6.61 Å². The molecule has 0 aliphatic rings. The van der Waals surface area contributed by atoms with Gasteiger partial charge in [0.25, 0.3) is 0 Å². The zero-order valence-corrected chi connectivity index (χ0v) is 9.26. The first-order chi connectivity index (χ1) is 8.00. The molecule has 0 spiro atoms. The zero-order valence-electron chi connectivity index (χ0n) is 8.50. The molecule has 0 unspecified atom stereocenters. The number of benzene rings is 1. The highest BCUT2D eigenvalue weighted by molar-refractivity contribution is 6.30. The fourth-order valence-electron chi connectivity index (χ4n) is 1.04. The summed E-state index contributed by atoms with van der Waals surface area (Å²) in [6.45, 7) is -0.0746. The molecule has 1 rings (SSSR count). The number of halogens is 1. The smallest absolute Gasteiger partial charge is 0.328 e. The zero-order chi connectivity index (χ0) is 12.8. The third-order valence-corrected chi connectivity index (χ3v) is 1.95. The predicted molar refractivity (Wildman–Crippen MR) is 60.4 cm³/mol. The summed E-state index contributed by atoms with van der Waals surface area (Å²) in [5.74, 6) is -1.08. The van der Waals surface area contributed by atoms with Crippen molar-refractivity contribution in [1.82, 2.24) is 0 Å². The highest BCUT2D eigenvalue weighted by Crippen LogP contribution is 2.29. The average molecular weight is 258 g/mol. The number of aliphatic carboxylic acids is 1. The van der Waals surface area contributed by atoms with Gasteiger partial charge >= 0.3 is 11.7 Å².